The second-order valence-electron chi connectivity index (χ2n) is 15.2. The fourth-order valence-electron chi connectivity index (χ4n) is 5.84. The minimum Gasteiger partial charge on any atom is -0.544 e. The SMILES string of the molecule is CC/C=C/C/C=C/C/C=C/C/C=C/CCCCCCCCCCCCC(=O)OC(COCCC(C(=O)[O-])[N+](C)(C)C)COC(=O)CC/C=C/CCCCC. The standard InChI is InChI=1S/C46H79NO7/c1-6-8-10-12-14-15-16-17-18-19-20-21-22-23-24-25-26-27-28-29-31-33-35-37-45(49)54-42(40-52-39-38-43(46(50)51)47(3,4)5)41-53-44(48)36-34-32-30-13-11-9-7-2/h8,10,14-15,17-18,20-21,30,32,42-43H,6-7,9,11-13,16,19,22-29,31,33-41H2,1-5H3/b10-8+,15-14+,18-17+,21-20+,32-30+. The van der Waals surface area contributed by atoms with Crippen LogP contribution in [0.2, 0.25) is 0 Å². The quantitative estimate of drug-likeness (QED) is 0.0269. The summed E-state index contributed by atoms with van der Waals surface area (Å²) in [7, 11) is 5.38. The number of likely N-dealkylation sites (N-methyl/N-ethyl adjacent to an activating group) is 1. The van der Waals surface area contributed by atoms with Crippen LogP contribution in [0.15, 0.2) is 60.8 Å². The monoisotopic (exact) mass is 758 g/mol. The van der Waals surface area contributed by atoms with E-state index in [-0.39, 0.29) is 49.1 Å². The maximum Gasteiger partial charge on any atom is 0.306 e. The third-order valence-electron chi connectivity index (χ3n) is 9.15. The molecule has 0 saturated heterocycles. The highest BCUT2D eigenvalue weighted by Gasteiger charge is 2.25. The van der Waals surface area contributed by atoms with Gasteiger partial charge in [0.2, 0.25) is 0 Å². The molecule has 0 heterocycles. The summed E-state index contributed by atoms with van der Waals surface area (Å²) in [5, 5.41) is 11.6. The summed E-state index contributed by atoms with van der Waals surface area (Å²) < 4.78 is 17.0. The second kappa shape index (κ2) is 37.0. The number of carboxylic acids is 1. The predicted molar refractivity (Wildman–Crippen MR) is 222 cm³/mol. The van der Waals surface area contributed by atoms with Crippen LogP contribution in [-0.2, 0) is 28.6 Å². The van der Waals surface area contributed by atoms with Gasteiger partial charge in [0.15, 0.2) is 6.10 Å². The molecule has 0 aliphatic rings. The number of aliphatic carboxylic acids is 1. The van der Waals surface area contributed by atoms with Gasteiger partial charge in [0, 0.05) is 19.3 Å². The van der Waals surface area contributed by atoms with Crippen molar-refractivity contribution in [2.45, 2.75) is 174 Å². The van der Waals surface area contributed by atoms with Crippen LogP contribution in [0.3, 0.4) is 0 Å². The molecule has 0 saturated carbocycles. The number of nitrogens with zero attached hydrogens (tertiary/aromatic N) is 1. The average molecular weight is 758 g/mol. The lowest BCUT2D eigenvalue weighted by Crippen LogP contribution is -2.55. The largest absolute Gasteiger partial charge is 0.544 e. The molecule has 0 amide bonds. The van der Waals surface area contributed by atoms with Gasteiger partial charge in [-0.1, -0.05) is 139 Å². The van der Waals surface area contributed by atoms with Crippen LogP contribution >= 0.6 is 0 Å². The normalized spacial score (nSPS) is 13.6. The van der Waals surface area contributed by atoms with Gasteiger partial charge in [-0.3, -0.25) is 9.59 Å². The summed E-state index contributed by atoms with van der Waals surface area (Å²) in [6.07, 6.45) is 44.2. The molecule has 2 unspecified atom stereocenters. The van der Waals surface area contributed by atoms with Crippen molar-refractivity contribution < 1.29 is 38.2 Å². The lowest BCUT2D eigenvalue weighted by Gasteiger charge is -2.34. The molecular weight excluding hydrogens is 679 g/mol. The zero-order valence-electron chi connectivity index (χ0n) is 35.1. The molecule has 8 nitrogen and oxygen atoms in total. The highest BCUT2D eigenvalue weighted by Crippen LogP contribution is 2.14. The van der Waals surface area contributed by atoms with Gasteiger partial charge >= 0.3 is 11.9 Å². The van der Waals surface area contributed by atoms with Gasteiger partial charge in [-0.15, -0.1) is 0 Å². The molecule has 0 radical (unpaired) electrons. The number of carbonyl (C=O) groups excluding carboxylic acids is 3. The molecule has 0 fully saturated rings. The first-order chi connectivity index (χ1) is 26.1. The van der Waals surface area contributed by atoms with Crippen molar-refractivity contribution in [3.63, 3.8) is 0 Å². The minimum absolute atomic E-state index is 0.0255. The van der Waals surface area contributed by atoms with Crippen molar-refractivity contribution in [1.29, 1.82) is 0 Å². The molecule has 2 atom stereocenters. The Kier molecular flexibility index (Phi) is 34.9. The Morgan fingerprint density at radius 3 is 1.63 bits per heavy atom. The van der Waals surface area contributed by atoms with Gasteiger partial charge < -0.3 is 28.6 Å². The van der Waals surface area contributed by atoms with Crippen molar-refractivity contribution in [2.75, 3.05) is 41.0 Å². The molecule has 0 aromatic carbocycles. The summed E-state index contributed by atoms with van der Waals surface area (Å²) in [6.45, 7) is 4.42. The summed E-state index contributed by atoms with van der Waals surface area (Å²) in [5.74, 6) is -1.82. The van der Waals surface area contributed by atoms with E-state index in [1.54, 1.807) is 21.1 Å². The molecule has 0 aromatic heterocycles. The van der Waals surface area contributed by atoms with Crippen molar-refractivity contribution in [1.82, 2.24) is 0 Å². The van der Waals surface area contributed by atoms with Crippen molar-refractivity contribution in [3.8, 4) is 0 Å². The molecular formula is C46H79NO7. The predicted octanol–water partition coefficient (Wildman–Crippen LogP) is 10.1. The number of hydrogen-bond donors (Lipinski definition) is 0. The van der Waals surface area contributed by atoms with Gasteiger partial charge in [0.05, 0.1) is 40.3 Å². The maximum absolute atomic E-state index is 12.7. The number of quaternary nitrogens is 1. The summed E-state index contributed by atoms with van der Waals surface area (Å²) >= 11 is 0. The summed E-state index contributed by atoms with van der Waals surface area (Å²) in [4.78, 5) is 36.6. The fourth-order valence-corrected chi connectivity index (χ4v) is 5.84. The van der Waals surface area contributed by atoms with Crippen LogP contribution in [0.25, 0.3) is 0 Å². The zero-order chi connectivity index (χ0) is 40.0. The van der Waals surface area contributed by atoms with Gasteiger partial charge in [-0.05, 0) is 64.2 Å². The van der Waals surface area contributed by atoms with Crippen molar-refractivity contribution >= 4 is 17.9 Å². The van der Waals surface area contributed by atoms with E-state index in [1.807, 2.05) is 6.08 Å². The van der Waals surface area contributed by atoms with E-state index >= 15 is 0 Å². The highest BCUT2D eigenvalue weighted by molar-refractivity contribution is 5.70. The first-order valence-electron chi connectivity index (χ1n) is 21.3. The van der Waals surface area contributed by atoms with E-state index in [9.17, 15) is 19.5 Å². The molecule has 0 spiro atoms. The first-order valence-corrected chi connectivity index (χ1v) is 21.3. The number of hydrogen-bond acceptors (Lipinski definition) is 7. The molecule has 0 aromatic rings. The van der Waals surface area contributed by atoms with Crippen LogP contribution in [0.5, 0.6) is 0 Å². The minimum atomic E-state index is -1.13. The number of ether oxygens (including phenoxy) is 3. The lowest BCUT2D eigenvalue weighted by molar-refractivity contribution is -0.889. The van der Waals surface area contributed by atoms with Gasteiger partial charge in [-0.25, -0.2) is 0 Å². The van der Waals surface area contributed by atoms with E-state index < -0.39 is 18.1 Å². The van der Waals surface area contributed by atoms with Crippen LogP contribution in [0.4, 0.5) is 0 Å². The highest BCUT2D eigenvalue weighted by atomic mass is 16.6. The van der Waals surface area contributed by atoms with Crippen molar-refractivity contribution in [2.24, 2.45) is 0 Å². The Bertz CT molecular complexity index is 1070. The smallest absolute Gasteiger partial charge is 0.306 e. The Labute approximate surface area is 330 Å². The van der Waals surface area contributed by atoms with E-state index in [0.29, 0.717) is 12.8 Å². The number of rotatable bonds is 37. The van der Waals surface area contributed by atoms with Crippen molar-refractivity contribution in [3.05, 3.63) is 60.8 Å². The number of esters is 2. The molecule has 0 bridgehead atoms. The van der Waals surface area contributed by atoms with E-state index in [2.05, 4.69) is 68.5 Å². The second-order valence-corrected chi connectivity index (χ2v) is 15.2. The zero-order valence-corrected chi connectivity index (χ0v) is 35.1. The molecule has 54 heavy (non-hydrogen) atoms. The third-order valence-corrected chi connectivity index (χ3v) is 9.15. The van der Waals surface area contributed by atoms with E-state index in [4.69, 9.17) is 14.2 Å². The third kappa shape index (κ3) is 34.8. The number of carbonyl (C=O) groups is 3. The average Bonchev–Trinajstić information content (AvgIpc) is 3.12. The van der Waals surface area contributed by atoms with Gasteiger partial charge in [-0.2, -0.15) is 0 Å². The fraction of sp³-hybridized carbons (Fsp3) is 0.717. The summed E-state index contributed by atoms with van der Waals surface area (Å²) in [5.41, 5.74) is 0. The van der Waals surface area contributed by atoms with Gasteiger partial charge in [0.25, 0.3) is 0 Å². The topological polar surface area (TPSA) is 102 Å². The van der Waals surface area contributed by atoms with E-state index in [1.165, 1.54) is 57.8 Å². The number of allylic oxidation sites excluding steroid dienone is 10. The van der Waals surface area contributed by atoms with Crippen LogP contribution in [-0.4, -0.2) is 75.5 Å². The molecule has 0 rings (SSSR count). The number of carboxylic acid groups (broad SMARTS) is 1. The Morgan fingerprint density at radius 1 is 0.574 bits per heavy atom. The van der Waals surface area contributed by atoms with Gasteiger partial charge in [0.1, 0.15) is 12.6 Å². The van der Waals surface area contributed by atoms with E-state index in [0.717, 1.165) is 64.2 Å². The number of unbranched alkanes of at least 4 members (excludes halogenated alkanes) is 13. The van der Waals surface area contributed by atoms with Crippen LogP contribution < -0.4 is 5.11 Å². The molecule has 310 valence electrons. The lowest BCUT2D eigenvalue weighted by atomic mass is 10.0. The molecule has 0 aliphatic carbocycles. The van der Waals surface area contributed by atoms with Crippen LogP contribution in [0, 0.1) is 0 Å². The maximum atomic E-state index is 12.7. The Morgan fingerprint density at radius 2 is 1.07 bits per heavy atom. The Balaban J connectivity index is 4.21. The first kappa shape index (κ1) is 51.0. The Hall–Kier alpha value is -2.97. The summed E-state index contributed by atoms with van der Waals surface area (Å²) in [6, 6.07) is -0.731. The molecule has 0 N–H and O–H groups in total. The molecule has 0 aliphatic heterocycles. The molecule has 8 heteroatoms. The van der Waals surface area contributed by atoms with Crippen LogP contribution in [0.1, 0.15) is 162 Å².